The van der Waals surface area contributed by atoms with Crippen LogP contribution in [0.3, 0.4) is 0 Å². The first kappa shape index (κ1) is 24.8. The van der Waals surface area contributed by atoms with Gasteiger partial charge in [-0.3, -0.25) is 9.79 Å². The molecule has 0 aromatic heterocycles. The SMILES string of the molecule is C=CCSCCN=C(NCC)NCCc1cccc(C(=O)N(C)C)c1.I. The van der Waals surface area contributed by atoms with E-state index in [0.29, 0.717) is 0 Å². The van der Waals surface area contributed by atoms with Gasteiger partial charge in [0.15, 0.2) is 5.96 Å². The molecular weight excluding hydrogens is 459 g/mol. The van der Waals surface area contributed by atoms with Crippen LogP contribution in [0.25, 0.3) is 0 Å². The number of hydrogen-bond donors (Lipinski definition) is 2. The Labute approximate surface area is 179 Å². The number of carbonyl (C=O) groups excluding carboxylic acids is 1. The third kappa shape index (κ3) is 10.1. The molecule has 0 aliphatic carbocycles. The van der Waals surface area contributed by atoms with Crippen molar-refractivity contribution in [2.45, 2.75) is 13.3 Å². The maximum atomic E-state index is 12.0. The molecule has 1 aromatic rings. The minimum Gasteiger partial charge on any atom is -0.357 e. The molecule has 146 valence electrons. The first-order valence-corrected chi connectivity index (χ1v) is 9.75. The van der Waals surface area contributed by atoms with Crippen molar-refractivity contribution in [1.82, 2.24) is 15.5 Å². The second kappa shape index (κ2) is 14.9. The lowest BCUT2D eigenvalue weighted by atomic mass is 10.1. The fourth-order valence-corrected chi connectivity index (χ4v) is 2.73. The van der Waals surface area contributed by atoms with Crippen LogP contribution in [0.2, 0.25) is 0 Å². The lowest BCUT2D eigenvalue weighted by Gasteiger charge is -2.13. The second-order valence-corrected chi connectivity index (χ2v) is 6.85. The summed E-state index contributed by atoms with van der Waals surface area (Å²) in [6, 6.07) is 7.79. The summed E-state index contributed by atoms with van der Waals surface area (Å²) in [5.74, 6) is 2.81. The van der Waals surface area contributed by atoms with Crippen molar-refractivity contribution in [3.05, 3.63) is 48.0 Å². The summed E-state index contributed by atoms with van der Waals surface area (Å²) in [4.78, 5) is 18.2. The highest BCUT2D eigenvalue weighted by atomic mass is 127. The molecule has 0 saturated heterocycles. The number of aliphatic imine (C=N–C) groups is 1. The van der Waals surface area contributed by atoms with Crippen LogP contribution in [0.1, 0.15) is 22.8 Å². The molecule has 5 nitrogen and oxygen atoms in total. The van der Waals surface area contributed by atoms with E-state index in [-0.39, 0.29) is 29.9 Å². The van der Waals surface area contributed by atoms with Crippen LogP contribution in [0, 0.1) is 0 Å². The summed E-state index contributed by atoms with van der Waals surface area (Å²) in [5, 5.41) is 6.60. The molecule has 0 radical (unpaired) electrons. The Morgan fingerprint density at radius 2 is 2.12 bits per heavy atom. The van der Waals surface area contributed by atoms with Crippen LogP contribution >= 0.6 is 35.7 Å². The van der Waals surface area contributed by atoms with Gasteiger partial charge in [0.2, 0.25) is 0 Å². The average molecular weight is 490 g/mol. The molecule has 0 atom stereocenters. The zero-order valence-corrected chi connectivity index (χ0v) is 19.1. The van der Waals surface area contributed by atoms with E-state index in [1.807, 2.05) is 42.1 Å². The number of nitrogens with zero attached hydrogens (tertiary/aromatic N) is 2. The van der Waals surface area contributed by atoms with Gasteiger partial charge in [0.25, 0.3) is 5.91 Å². The first-order chi connectivity index (χ1) is 12.1. The number of carbonyl (C=O) groups is 1. The van der Waals surface area contributed by atoms with Crippen molar-refractivity contribution in [3.8, 4) is 0 Å². The van der Waals surface area contributed by atoms with Crippen LogP contribution in [-0.2, 0) is 6.42 Å². The van der Waals surface area contributed by atoms with Gasteiger partial charge in [-0.25, -0.2) is 0 Å². The summed E-state index contributed by atoms with van der Waals surface area (Å²) >= 11 is 1.82. The third-order valence-electron chi connectivity index (χ3n) is 3.37. The fraction of sp³-hybridized carbons (Fsp3) is 0.474. The summed E-state index contributed by atoms with van der Waals surface area (Å²) < 4.78 is 0. The van der Waals surface area contributed by atoms with E-state index in [1.54, 1.807) is 19.0 Å². The van der Waals surface area contributed by atoms with Crippen LogP contribution in [-0.4, -0.2) is 62.0 Å². The Bertz CT molecular complexity index is 578. The second-order valence-electron chi connectivity index (χ2n) is 5.70. The summed E-state index contributed by atoms with van der Waals surface area (Å²) in [7, 11) is 3.53. The Kier molecular flexibility index (Phi) is 14.2. The number of rotatable bonds is 10. The standard InChI is InChI=1S/C19H30N4OS.HI/c1-5-13-25-14-12-22-19(20-6-2)21-11-10-16-8-7-9-17(15-16)18(24)23(3)4;/h5,7-9,15H,1,6,10-14H2,2-4H3,(H2,20,21,22);1H. The molecule has 0 bridgehead atoms. The van der Waals surface area contributed by atoms with Gasteiger partial charge < -0.3 is 15.5 Å². The molecule has 0 spiro atoms. The fourth-order valence-electron chi connectivity index (χ4n) is 2.17. The van der Waals surface area contributed by atoms with Crippen molar-refractivity contribution in [2.24, 2.45) is 4.99 Å². The lowest BCUT2D eigenvalue weighted by molar-refractivity contribution is 0.0827. The molecule has 0 aliphatic heterocycles. The van der Waals surface area contributed by atoms with Gasteiger partial charge in [0.1, 0.15) is 0 Å². The van der Waals surface area contributed by atoms with Crippen molar-refractivity contribution in [1.29, 1.82) is 0 Å². The van der Waals surface area contributed by atoms with Gasteiger partial charge in [0, 0.05) is 44.3 Å². The quantitative estimate of drug-likeness (QED) is 0.174. The van der Waals surface area contributed by atoms with E-state index in [4.69, 9.17) is 0 Å². The molecule has 0 unspecified atom stereocenters. The van der Waals surface area contributed by atoms with Crippen LogP contribution in [0.15, 0.2) is 41.9 Å². The van der Waals surface area contributed by atoms with Crippen molar-refractivity contribution >= 4 is 47.6 Å². The van der Waals surface area contributed by atoms with Gasteiger partial charge >= 0.3 is 0 Å². The van der Waals surface area contributed by atoms with Crippen LogP contribution < -0.4 is 10.6 Å². The summed E-state index contributed by atoms with van der Waals surface area (Å²) in [6.45, 7) is 8.15. The lowest BCUT2D eigenvalue weighted by Crippen LogP contribution is -2.38. The predicted octanol–water partition coefficient (Wildman–Crippen LogP) is 3.02. The predicted molar refractivity (Wildman–Crippen MR) is 125 cm³/mol. The number of guanidine groups is 1. The van der Waals surface area contributed by atoms with Crippen molar-refractivity contribution in [2.75, 3.05) is 45.2 Å². The Hall–Kier alpha value is -1.22. The topological polar surface area (TPSA) is 56.7 Å². The van der Waals surface area contributed by atoms with Gasteiger partial charge in [-0.15, -0.1) is 30.6 Å². The molecule has 0 aliphatic rings. The van der Waals surface area contributed by atoms with Crippen molar-refractivity contribution in [3.63, 3.8) is 0 Å². The number of thioether (sulfide) groups is 1. The van der Waals surface area contributed by atoms with E-state index >= 15 is 0 Å². The molecule has 2 N–H and O–H groups in total. The highest BCUT2D eigenvalue weighted by molar-refractivity contribution is 14.0. The van der Waals surface area contributed by atoms with Crippen molar-refractivity contribution < 1.29 is 4.79 Å². The molecule has 7 heteroatoms. The Morgan fingerprint density at radius 3 is 2.77 bits per heavy atom. The highest BCUT2D eigenvalue weighted by Gasteiger charge is 2.08. The van der Waals surface area contributed by atoms with E-state index < -0.39 is 0 Å². The molecule has 1 rings (SSSR count). The number of benzene rings is 1. The monoisotopic (exact) mass is 490 g/mol. The minimum atomic E-state index is 0. The van der Waals surface area contributed by atoms with Gasteiger partial charge in [-0.1, -0.05) is 18.2 Å². The average Bonchev–Trinajstić information content (AvgIpc) is 2.61. The number of amides is 1. The van der Waals surface area contributed by atoms with Crippen LogP contribution in [0.4, 0.5) is 0 Å². The number of hydrogen-bond acceptors (Lipinski definition) is 3. The summed E-state index contributed by atoms with van der Waals surface area (Å²) in [5.41, 5.74) is 1.86. The molecule has 1 aromatic carbocycles. The maximum Gasteiger partial charge on any atom is 0.253 e. The number of halogens is 1. The molecule has 0 saturated carbocycles. The Balaban J connectivity index is 0.00000625. The maximum absolute atomic E-state index is 12.0. The number of nitrogens with one attached hydrogen (secondary N) is 2. The molecular formula is C19H31IN4OS. The van der Waals surface area contributed by atoms with Gasteiger partial charge in [-0.05, 0) is 31.0 Å². The van der Waals surface area contributed by atoms with Gasteiger partial charge in [-0.2, -0.15) is 11.8 Å². The normalized spacial score (nSPS) is 10.7. The van der Waals surface area contributed by atoms with Gasteiger partial charge in [0.05, 0.1) is 6.54 Å². The molecule has 26 heavy (non-hydrogen) atoms. The van der Waals surface area contributed by atoms with E-state index in [9.17, 15) is 4.79 Å². The minimum absolute atomic E-state index is 0. The molecule has 0 fully saturated rings. The van der Waals surface area contributed by atoms with E-state index in [1.165, 1.54) is 0 Å². The molecule has 0 heterocycles. The van der Waals surface area contributed by atoms with Crippen LogP contribution in [0.5, 0.6) is 0 Å². The van der Waals surface area contributed by atoms with E-state index in [0.717, 1.165) is 54.6 Å². The zero-order chi connectivity index (χ0) is 18.5. The highest BCUT2D eigenvalue weighted by Crippen LogP contribution is 2.07. The zero-order valence-electron chi connectivity index (χ0n) is 16.0. The Morgan fingerprint density at radius 1 is 1.35 bits per heavy atom. The third-order valence-corrected chi connectivity index (χ3v) is 4.31. The largest absolute Gasteiger partial charge is 0.357 e. The molecule has 1 amide bonds. The smallest absolute Gasteiger partial charge is 0.253 e. The van der Waals surface area contributed by atoms with E-state index in [2.05, 4.69) is 29.1 Å². The first-order valence-electron chi connectivity index (χ1n) is 8.59. The summed E-state index contributed by atoms with van der Waals surface area (Å²) in [6.07, 6.45) is 2.75.